The molecule has 0 spiro atoms. The third kappa shape index (κ3) is 4.05. The van der Waals surface area contributed by atoms with Crippen molar-refractivity contribution in [1.82, 2.24) is 10.6 Å². The Morgan fingerprint density at radius 1 is 1.25 bits per heavy atom. The summed E-state index contributed by atoms with van der Waals surface area (Å²) in [7, 11) is 5.42. The molecule has 1 heterocycles. The van der Waals surface area contributed by atoms with Crippen molar-refractivity contribution >= 4 is 17.7 Å². The summed E-state index contributed by atoms with van der Waals surface area (Å²) >= 11 is 0. The van der Waals surface area contributed by atoms with Crippen molar-refractivity contribution in [3.63, 3.8) is 0 Å². The summed E-state index contributed by atoms with van der Waals surface area (Å²) in [6, 6.07) is 6.71. The van der Waals surface area contributed by atoms with E-state index in [1.165, 1.54) is 7.11 Å². The normalized spacial score (nSPS) is 20.1. The topological polar surface area (TPSA) is 79.9 Å². The molecular formula is C17H23N3O4. The van der Waals surface area contributed by atoms with Gasteiger partial charge in [-0.2, -0.15) is 0 Å². The molecule has 0 saturated carbocycles. The lowest BCUT2D eigenvalue weighted by Gasteiger charge is -2.33. The number of rotatable bonds is 6. The van der Waals surface area contributed by atoms with Crippen molar-refractivity contribution in [2.45, 2.75) is 6.04 Å². The zero-order valence-electron chi connectivity index (χ0n) is 14.2. The minimum atomic E-state index is -0.704. The number of methoxy groups -OCH3 is 1. The van der Waals surface area contributed by atoms with E-state index >= 15 is 0 Å². The fourth-order valence-corrected chi connectivity index (χ4v) is 2.53. The monoisotopic (exact) mass is 333 g/mol. The van der Waals surface area contributed by atoms with Gasteiger partial charge in [-0.1, -0.05) is 18.7 Å². The highest BCUT2D eigenvalue weighted by Crippen LogP contribution is 2.31. The number of esters is 1. The fraction of sp³-hybridized carbons (Fsp3) is 0.412. The second kappa shape index (κ2) is 7.83. The molecule has 24 heavy (non-hydrogen) atoms. The van der Waals surface area contributed by atoms with Gasteiger partial charge in [0.25, 0.3) is 0 Å². The Bertz CT molecular complexity index is 613. The van der Waals surface area contributed by atoms with Gasteiger partial charge in [0, 0.05) is 32.6 Å². The first-order valence-corrected chi connectivity index (χ1v) is 7.63. The minimum absolute atomic E-state index is 0.152. The molecule has 0 radical (unpaired) electrons. The first-order valence-electron chi connectivity index (χ1n) is 7.63. The SMILES string of the molecule is C=C1NC(=O)N[C@H](c2ccc(N(C)C)cc2)[C@H]1C(=O)OCCOC. The van der Waals surface area contributed by atoms with Crippen LogP contribution >= 0.6 is 0 Å². The summed E-state index contributed by atoms with van der Waals surface area (Å²) in [5.74, 6) is -1.16. The van der Waals surface area contributed by atoms with E-state index in [0.717, 1.165) is 11.3 Å². The summed E-state index contributed by atoms with van der Waals surface area (Å²) in [5, 5.41) is 5.32. The van der Waals surface area contributed by atoms with Crippen molar-refractivity contribution in [2.24, 2.45) is 5.92 Å². The molecule has 2 rings (SSSR count). The van der Waals surface area contributed by atoms with Crippen molar-refractivity contribution in [1.29, 1.82) is 0 Å². The van der Waals surface area contributed by atoms with Gasteiger partial charge < -0.3 is 25.0 Å². The van der Waals surface area contributed by atoms with Gasteiger partial charge >= 0.3 is 12.0 Å². The number of nitrogens with one attached hydrogen (secondary N) is 2. The number of amides is 2. The molecule has 2 N–H and O–H groups in total. The molecule has 0 bridgehead atoms. The van der Waals surface area contributed by atoms with Crippen molar-refractivity contribution in [3.05, 3.63) is 42.1 Å². The molecule has 1 aromatic carbocycles. The largest absolute Gasteiger partial charge is 0.463 e. The van der Waals surface area contributed by atoms with E-state index in [-0.39, 0.29) is 12.6 Å². The minimum Gasteiger partial charge on any atom is -0.463 e. The summed E-state index contributed by atoms with van der Waals surface area (Å²) in [5.41, 5.74) is 2.16. The lowest BCUT2D eigenvalue weighted by Crippen LogP contribution is -2.51. The first-order chi connectivity index (χ1) is 11.4. The Balaban J connectivity index is 2.23. The standard InChI is InChI=1S/C17H23N3O4/c1-11-14(16(21)24-10-9-23-4)15(19-17(22)18-11)12-5-7-13(8-6-12)20(2)3/h5-8,14-15H,1,9-10H2,2-4H3,(H2,18,19,22)/t14-,15+/m0/s1. The number of hydrogen-bond acceptors (Lipinski definition) is 5. The Kier molecular flexibility index (Phi) is 5.81. The number of hydrogen-bond donors (Lipinski definition) is 2. The van der Waals surface area contributed by atoms with Crippen LogP contribution in [0.1, 0.15) is 11.6 Å². The van der Waals surface area contributed by atoms with Crippen LogP contribution in [0.2, 0.25) is 0 Å². The maximum atomic E-state index is 12.4. The summed E-state index contributed by atoms with van der Waals surface area (Å²) in [4.78, 5) is 26.2. The predicted molar refractivity (Wildman–Crippen MR) is 90.6 cm³/mol. The molecule has 2 atom stereocenters. The van der Waals surface area contributed by atoms with Gasteiger partial charge in [0.2, 0.25) is 0 Å². The van der Waals surface area contributed by atoms with Crippen LogP contribution in [0.4, 0.5) is 10.5 Å². The number of urea groups is 1. The van der Waals surface area contributed by atoms with Crippen LogP contribution in [-0.4, -0.2) is 46.4 Å². The second-order valence-electron chi connectivity index (χ2n) is 5.73. The van der Waals surface area contributed by atoms with Gasteiger partial charge in [0.05, 0.1) is 12.6 Å². The highest BCUT2D eigenvalue weighted by Gasteiger charge is 2.38. The summed E-state index contributed by atoms with van der Waals surface area (Å²) < 4.78 is 10.1. The van der Waals surface area contributed by atoms with Gasteiger partial charge in [0.1, 0.15) is 12.5 Å². The molecule has 0 aromatic heterocycles. The van der Waals surface area contributed by atoms with E-state index in [0.29, 0.717) is 12.3 Å². The number of anilines is 1. The molecule has 0 aliphatic carbocycles. The molecule has 1 fully saturated rings. The average molecular weight is 333 g/mol. The molecule has 2 amide bonds. The number of benzene rings is 1. The third-order valence-electron chi connectivity index (χ3n) is 3.82. The van der Waals surface area contributed by atoms with Gasteiger partial charge in [0.15, 0.2) is 0 Å². The second-order valence-corrected chi connectivity index (χ2v) is 5.73. The molecule has 1 saturated heterocycles. The Hall–Kier alpha value is -2.54. The predicted octanol–water partition coefficient (Wildman–Crippen LogP) is 1.43. The lowest BCUT2D eigenvalue weighted by atomic mass is 9.89. The molecular weight excluding hydrogens is 310 g/mol. The van der Waals surface area contributed by atoms with Crippen molar-refractivity contribution in [3.8, 4) is 0 Å². The van der Waals surface area contributed by atoms with Crippen LogP contribution in [0.25, 0.3) is 0 Å². The quantitative estimate of drug-likeness (QED) is 0.608. The number of ether oxygens (including phenoxy) is 2. The third-order valence-corrected chi connectivity index (χ3v) is 3.82. The molecule has 0 unspecified atom stereocenters. The van der Waals surface area contributed by atoms with Crippen LogP contribution in [0.3, 0.4) is 0 Å². The zero-order chi connectivity index (χ0) is 17.7. The molecule has 1 aromatic rings. The summed E-state index contributed by atoms with van der Waals surface area (Å²) in [6.45, 7) is 4.27. The zero-order valence-corrected chi connectivity index (χ0v) is 14.2. The molecule has 1 aliphatic rings. The Morgan fingerprint density at radius 3 is 2.50 bits per heavy atom. The van der Waals surface area contributed by atoms with E-state index in [1.807, 2.05) is 43.3 Å². The number of carbonyl (C=O) groups excluding carboxylic acids is 2. The summed E-state index contributed by atoms with van der Waals surface area (Å²) in [6.07, 6.45) is 0. The van der Waals surface area contributed by atoms with Crippen molar-refractivity contribution in [2.75, 3.05) is 39.3 Å². The van der Waals surface area contributed by atoms with E-state index in [2.05, 4.69) is 17.2 Å². The van der Waals surface area contributed by atoms with Gasteiger partial charge in [-0.15, -0.1) is 0 Å². The molecule has 7 nitrogen and oxygen atoms in total. The van der Waals surface area contributed by atoms with Crippen LogP contribution in [-0.2, 0) is 14.3 Å². The van der Waals surface area contributed by atoms with Crippen LogP contribution in [0.15, 0.2) is 36.5 Å². The van der Waals surface area contributed by atoms with E-state index in [1.54, 1.807) is 0 Å². The van der Waals surface area contributed by atoms with E-state index in [9.17, 15) is 9.59 Å². The van der Waals surface area contributed by atoms with Crippen molar-refractivity contribution < 1.29 is 19.1 Å². The molecule has 130 valence electrons. The lowest BCUT2D eigenvalue weighted by molar-refractivity contribution is -0.149. The Labute approximate surface area is 141 Å². The van der Waals surface area contributed by atoms with E-state index < -0.39 is 17.9 Å². The number of nitrogens with zero attached hydrogens (tertiary/aromatic N) is 1. The molecule has 7 heteroatoms. The average Bonchev–Trinajstić information content (AvgIpc) is 2.54. The highest BCUT2D eigenvalue weighted by molar-refractivity contribution is 5.85. The first kappa shape index (κ1) is 17.8. The maximum Gasteiger partial charge on any atom is 0.319 e. The highest BCUT2D eigenvalue weighted by atomic mass is 16.6. The van der Waals surface area contributed by atoms with Crippen LogP contribution < -0.4 is 15.5 Å². The van der Waals surface area contributed by atoms with E-state index in [4.69, 9.17) is 9.47 Å². The van der Waals surface area contributed by atoms with Crippen LogP contribution in [0, 0.1) is 5.92 Å². The van der Waals surface area contributed by atoms with Gasteiger partial charge in [-0.25, -0.2) is 4.79 Å². The molecule has 1 aliphatic heterocycles. The van der Waals surface area contributed by atoms with Gasteiger partial charge in [-0.05, 0) is 17.7 Å². The van der Waals surface area contributed by atoms with Gasteiger partial charge in [-0.3, -0.25) is 4.79 Å². The maximum absolute atomic E-state index is 12.4. The Morgan fingerprint density at radius 2 is 1.92 bits per heavy atom. The fourth-order valence-electron chi connectivity index (χ4n) is 2.53. The number of carbonyl (C=O) groups is 2. The smallest absolute Gasteiger partial charge is 0.319 e. The van der Waals surface area contributed by atoms with Crippen LogP contribution in [0.5, 0.6) is 0 Å².